The Morgan fingerprint density at radius 1 is 1.06 bits per heavy atom. The highest BCUT2D eigenvalue weighted by molar-refractivity contribution is 6.01. The van der Waals surface area contributed by atoms with Crippen LogP contribution in [0.3, 0.4) is 0 Å². The Hall–Kier alpha value is -2.90. The minimum atomic E-state index is -0.717. The van der Waals surface area contributed by atoms with Gasteiger partial charge in [0.15, 0.2) is 5.78 Å². The molecule has 1 aliphatic carbocycles. The summed E-state index contributed by atoms with van der Waals surface area (Å²) in [6.45, 7) is 4.52. The molecule has 0 radical (unpaired) electrons. The molecule has 8 heteroatoms. The number of ketones is 1. The molecular weight excluding hydrogens is 420 g/mol. The number of Topliss-reactive ketones (excluding diaryl/α,β-unsaturated/α-hetero) is 1. The zero-order valence-electron chi connectivity index (χ0n) is 19.9. The van der Waals surface area contributed by atoms with Crippen molar-refractivity contribution in [3.8, 4) is 0 Å². The largest absolute Gasteiger partial charge is 0.378 e. The van der Waals surface area contributed by atoms with Crippen molar-refractivity contribution in [1.29, 1.82) is 0 Å². The van der Waals surface area contributed by atoms with Crippen LogP contribution >= 0.6 is 0 Å². The van der Waals surface area contributed by atoms with Gasteiger partial charge in [0.25, 0.3) is 5.91 Å². The number of nitrogens with zero attached hydrogens (tertiary/aromatic N) is 3. The van der Waals surface area contributed by atoms with Gasteiger partial charge in [-0.3, -0.25) is 19.2 Å². The molecule has 1 aromatic carbocycles. The lowest BCUT2D eigenvalue weighted by Crippen LogP contribution is -2.53. The van der Waals surface area contributed by atoms with Crippen LogP contribution < -0.4 is 10.2 Å². The zero-order valence-corrected chi connectivity index (χ0v) is 19.9. The number of amides is 3. The SMILES string of the molecule is CC(C)C[C@H](NC(=O)c1ccc(N(C)C)cc1)C(=O)N1CCC2[C@H]1C(=O)CN2C(=O)C1CC1. The molecule has 33 heavy (non-hydrogen) atoms. The maximum atomic E-state index is 13.6. The molecule has 3 atom stereocenters. The fraction of sp³-hybridized carbons (Fsp3) is 0.600. The number of carbonyl (C=O) groups excluding carboxylic acids is 4. The van der Waals surface area contributed by atoms with Gasteiger partial charge in [-0.05, 0) is 55.9 Å². The number of hydrogen-bond donors (Lipinski definition) is 1. The average Bonchev–Trinajstić information content (AvgIpc) is 3.45. The summed E-state index contributed by atoms with van der Waals surface area (Å²) in [5.74, 6) is -0.330. The second-order valence-corrected chi connectivity index (χ2v) is 10.1. The van der Waals surface area contributed by atoms with Crippen molar-refractivity contribution in [2.75, 3.05) is 32.1 Å². The fourth-order valence-electron chi connectivity index (χ4n) is 4.97. The number of hydrogen-bond acceptors (Lipinski definition) is 5. The Bertz CT molecular complexity index is 938. The number of nitrogens with one attached hydrogen (secondary N) is 1. The van der Waals surface area contributed by atoms with Crippen LogP contribution in [0.15, 0.2) is 24.3 Å². The van der Waals surface area contributed by atoms with Gasteiger partial charge in [0.2, 0.25) is 11.8 Å². The summed E-state index contributed by atoms with van der Waals surface area (Å²) in [6.07, 6.45) is 2.87. The van der Waals surface area contributed by atoms with Crippen LogP contribution in [0, 0.1) is 11.8 Å². The minimum absolute atomic E-state index is 0.0492. The summed E-state index contributed by atoms with van der Waals surface area (Å²) >= 11 is 0. The molecule has 178 valence electrons. The summed E-state index contributed by atoms with van der Waals surface area (Å²) in [6, 6.07) is 5.68. The highest BCUT2D eigenvalue weighted by atomic mass is 16.2. The molecule has 1 saturated carbocycles. The molecule has 1 N–H and O–H groups in total. The number of carbonyl (C=O) groups is 4. The van der Waals surface area contributed by atoms with Gasteiger partial charge >= 0.3 is 0 Å². The molecule has 8 nitrogen and oxygen atoms in total. The molecular formula is C25H34N4O4. The lowest BCUT2D eigenvalue weighted by Gasteiger charge is -2.29. The van der Waals surface area contributed by atoms with Crippen molar-refractivity contribution < 1.29 is 19.2 Å². The zero-order chi connectivity index (χ0) is 23.9. The first kappa shape index (κ1) is 23.3. The summed E-state index contributed by atoms with van der Waals surface area (Å²) in [5, 5.41) is 2.91. The molecule has 0 aromatic heterocycles. The van der Waals surface area contributed by atoms with E-state index in [4.69, 9.17) is 0 Å². The van der Waals surface area contributed by atoms with Crippen molar-refractivity contribution in [2.45, 2.75) is 57.7 Å². The van der Waals surface area contributed by atoms with Crippen molar-refractivity contribution in [3.05, 3.63) is 29.8 Å². The number of benzene rings is 1. The van der Waals surface area contributed by atoms with E-state index in [0.29, 0.717) is 24.9 Å². The van der Waals surface area contributed by atoms with Crippen LogP contribution in [0.2, 0.25) is 0 Å². The van der Waals surface area contributed by atoms with E-state index in [1.54, 1.807) is 21.9 Å². The van der Waals surface area contributed by atoms with Crippen LogP contribution in [0.4, 0.5) is 5.69 Å². The first-order chi connectivity index (χ1) is 15.7. The topological polar surface area (TPSA) is 90.0 Å². The first-order valence-electron chi connectivity index (χ1n) is 11.9. The van der Waals surface area contributed by atoms with Gasteiger partial charge in [-0.15, -0.1) is 0 Å². The third-order valence-corrected chi connectivity index (χ3v) is 6.87. The molecule has 1 unspecified atom stereocenters. The first-order valence-corrected chi connectivity index (χ1v) is 11.9. The van der Waals surface area contributed by atoms with E-state index in [-0.39, 0.29) is 47.9 Å². The van der Waals surface area contributed by atoms with Gasteiger partial charge in [0.05, 0.1) is 12.6 Å². The Morgan fingerprint density at radius 3 is 2.30 bits per heavy atom. The van der Waals surface area contributed by atoms with E-state index in [0.717, 1.165) is 18.5 Å². The van der Waals surface area contributed by atoms with Gasteiger partial charge in [0, 0.05) is 37.8 Å². The molecule has 2 aliphatic heterocycles. The number of fused-ring (bicyclic) bond motifs is 1. The van der Waals surface area contributed by atoms with Gasteiger partial charge in [-0.1, -0.05) is 13.8 Å². The maximum Gasteiger partial charge on any atom is 0.251 e. The predicted octanol–water partition coefficient (Wildman–Crippen LogP) is 1.69. The maximum absolute atomic E-state index is 13.6. The molecule has 0 bridgehead atoms. The minimum Gasteiger partial charge on any atom is -0.378 e. The highest BCUT2D eigenvalue weighted by Crippen LogP contribution is 2.37. The van der Waals surface area contributed by atoms with E-state index < -0.39 is 12.1 Å². The summed E-state index contributed by atoms with van der Waals surface area (Å²) in [4.78, 5) is 57.2. The lowest BCUT2D eigenvalue weighted by molar-refractivity contribution is -0.138. The highest BCUT2D eigenvalue weighted by Gasteiger charge is 2.53. The van der Waals surface area contributed by atoms with E-state index in [2.05, 4.69) is 5.32 Å². The second-order valence-electron chi connectivity index (χ2n) is 10.1. The summed E-state index contributed by atoms with van der Waals surface area (Å²) in [7, 11) is 3.86. The molecule has 2 saturated heterocycles. The number of likely N-dealkylation sites (tertiary alicyclic amines) is 2. The molecule has 3 fully saturated rings. The van der Waals surface area contributed by atoms with Crippen LogP contribution in [0.25, 0.3) is 0 Å². The van der Waals surface area contributed by atoms with Crippen molar-refractivity contribution in [1.82, 2.24) is 15.1 Å². The third kappa shape index (κ3) is 4.75. The lowest BCUT2D eigenvalue weighted by atomic mass is 10.0. The van der Waals surface area contributed by atoms with Crippen molar-refractivity contribution >= 4 is 29.2 Å². The average molecular weight is 455 g/mol. The molecule has 0 spiro atoms. The predicted molar refractivity (Wildman–Crippen MR) is 125 cm³/mol. The molecule has 3 aliphatic rings. The molecule has 4 rings (SSSR count). The summed E-state index contributed by atoms with van der Waals surface area (Å²) in [5.41, 5.74) is 1.47. The molecule has 2 heterocycles. The van der Waals surface area contributed by atoms with E-state index in [1.165, 1.54) is 0 Å². The van der Waals surface area contributed by atoms with Crippen LogP contribution in [0.5, 0.6) is 0 Å². The van der Waals surface area contributed by atoms with Gasteiger partial charge in [-0.2, -0.15) is 0 Å². The Labute approximate surface area is 195 Å². The molecule has 3 amide bonds. The Balaban J connectivity index is 1.48. The van der Waals surface area contributed by atoms with Gasteiger partial charge in [-0.25, -0.2) is 0 Å². The Morgan fingerprint density at radius 2 is 1.73 bits per heavy atom. The normalized spacial score (nSPS) is 23.0. The van der Waals surface area contributed by atoms with E-state index in [9.17, 15) is 19.2 Å². The number of rotatable bonds is 7. The standard InChI is InChI=1S/C25H34N4O4/c1-15(2)13-19(26-23(31)16-7-9-18(10-8-16)27(3)4)25(33)28-12-11-20-22(28)21(30)14-29(20)24(32)17-5-6-17/h7-10,15,17,19-20,22H,5-6,11-14H2,1-4H3,(H,26,31)/t19-,20?,22-/m0/s1. The van der Waals surface area contributed by atoms with Gasteiger partial charge < -0.3 is 20.0 Å². The number of anilines is 1. The fourth-order valence-corrected chi connectivity index (χ4v) is 4.97. The smallest absolute Gasteiger partial charge is 0.251 e. The van der Waals surface area contributed by atoms with E-state index >= 15 is 0 Å². The van der Waals surface area contributed by atoms with Crippen LogP contribution in [-0.2, 0) is 14.4 Å². The molecule has 1 aromatic rings. The van der Waals surface area contributed by atoms with E-state index in [1.807, 2.05) is 45.0 Å². The third-order valence-electron chi connectivity index (χ3n) is 6.87. The van der Waals surface area contributed by atoms with Crippen molar-refractivity contribution in [3.63, 3.8) is 0 Å². The van der Waals surface area contributed by atoms with Gasteiger partial charge in [0.1, 0.15) is 12.1 Å². The van der Waals surface area contributed by atoms with Crippen molar-refractivity contribution in [2.24, 2.45) is 11.8 Å². The monoisotopic (exact) mass is 454 g/mol. The summed E-state index contributed by atoms with van der Waals surface area (Å²) < 4.78 is 0. The van der Waals surface area contributed by atoms with Crippen LogP contribution in [-0.4, -0.2) is 78.6 Å². The van der Waals surface area contributed by atoms with Crippen LogP contribution in [0.1, 0.15) is 49.9 Å². The quantitative estimate of drug-likeness (QED) is 0.677. The second kappa shape index (κ2) is 9.15. The Kier molecular flexibility index (Phi) is 6.45.